The molecule has 1 heterocycles. The van der Waals surface area contributed by atoms with E-state index in [-0.39, 0.29) is 22.0 Å². The molecule has 0 aromatic heterocycles. The Morgan fingerprint density at radius 3 is 2.12 bits per heavy atom. The predicted octanol–water partition coefficient (Wildman–Crippen LogP) is 2.22. The van der Waals surface area contributed by atoms with Gasteiger partial charge in [0.15, 0.2) is 0 Å². The van der Waals surface area contributed by atoms with Gasteiger partial charge in [-0.05, 0) is 39.1 Å². The SMILES string of the molecule is CC1(C)C=CC(C)(C)C[SH](=O)(NS(=O)(=O)c2cccc(C(=O)O)c2)C1. The van der Waals surface area contributed by atoms with Crippen molar-refractivity contribution >= 4 is 26.1 Å². The lowest BCUT2D eigenvalue weighted by atomic mass is 9.89. The number of carbonyl (C=O) groups is 1. The summed E-state index contributed by atoms with van der Waals surface area (Å²) in [5.74, 6) is -0.806. The van der Waals surface area contributed by atoms with Crippen molar-refractivity contribution in [3.8, 4) is 0 Å². The van der Waals surface area contributed by atoms with Crippen molar-refractivity contribution in [3.63, 3.8) is 0 Å². The number of thiol groups is 1. The monoisotopic (exact) mass is 387 g/mol. The van der Waals surface area contributed by atoms with E-state index < -0.39 is 36.9 Å². The van der Waals surface area contributed by atoms with Gasteiger partial charge in [0.2, 0.25) is 10.0 Å². The Morgan fingerprint density at radius 1 is 1.12 bits per heavy atom. The minimum Gasteiger partial charge on any atom is -0.478 e. The van der Waals surface area contributed by atoms with Crippen molar-refractivity contribution in [1.29, 1.82) is 0 Å². The molecule has 2 rings (SSSR count). The van der Waals surface area contributed by atoms with E-state index in [1.54, 1.807) is 0 Å². The minimum atomic E-state index is -4.10. The molecule has 1 aliphatic rings. The number of sulfonamides is 1. The fraction of sp³-hybridized carbons (Fsp3) is 0.471. The molecule has 0 saturated heterocycles. The van der Waals surface area contributed by atoms with Crippen molar-refractivity contribution < 1.29 is 22.5 Å². The van der Waals surface area contributed by atoms with Gasteiger partial charge in [0.1, 0.15) is 0 Å². The highest BCUT2D eigenvalue weighted by Gasteiger charge is 2.36. The highest BCUT2D eigenvalue weighted by molar-refractivity contribution is 8.11. The van der Waals surface area contributed by atoms with Crippen LogP contribution >= 0.6 is 0 Å². The number of nitrogens with one attached hydrogen (secondary N) is 1. The van der Waals surface area contributed by atoms with Gasteiger partial charge in [-0.1, -0.05) is 45.9 Å². The lowest BCUT2D eigenvalue weighted by Gasteiger charge is -2.33. The number of rotatable bonds is 4. The Kier molecular flexibility index (Phi) is 5.02. The van der Waals surface area contributed by atoms with Gasteiger partial charge >= 0.3 is 5.97 Å². The lowest BCUT2D eigenvalue weighted by molar-refractivity contribution is 0.0696. The van der Waals surface area contributed by atoms with Gasteiger partial charge in [-0.2, -0.15) is 4.13 Å². The van der Waals surface area contributed by atoms with Crippen LogP contribution in [0, 0.1) is 10.8 Å². The van der Waals surface area contributed by atoms with E-state index in [0.29, 0.717) is 0 Å². The molecule has 1 aliphatic heterocycles. The van der Waals surface area contributed by atoms with E-state index in [9.17, 15) is 17.4 Å². The second-order valence-electron chi connectivity index (χ2n) is 7.94. The van der Waals surface area contributed by atoms with E-state index in [2.05, 4.69) is 4.13 Å². The first-order valence-electron chi connectivity index (χ1n) is 7.90. The summed E-state index contributed by atoms with van der Waals surface area (Å²) in [6.45, 7) is 7.65. The molecule has 6 nitrogen and oxygen atoms in total. The maximum absolute atomic E-state index is 13.4. The summed E-state index contributed by atoms with van der Waals surface area (Å²) >= 11 is 0. The third-order valence-corrected chi connectivity index (χ3v) is 9.81. The number of benzene rings is 1. The topological polar surface area (TPSA) is 101 Å². The van der Waals surface area contributed by atoms with Crippen LogP contribution in [0.4, 0.5) is 0 Å². The highest BCUT2D eigenvalue weighted by Crippen LogP contribution is 2.34. The summed E-state index contributed by atoms with van der Waals surface area (Å²) in [6, 6.07) is 5.04. The van der Waals surface area contributed by atoms with Crippen molar-refractivity contribution in [3.05, 3.63) is 42.0 Å². The second kappa shape index (κ2) is 6.34. The Bertz CT molecular complexity index is 845. The van der Waals surface area contributed by atoms with Crippen LogP contribution in [0.1, 0.15) is 38.1 Å². The average molecular weight is 388 g/mol. The lowest BCUT2D eigenvalue weighted by Crippen LogP contribution is -2.46. The molecule has 1 aromatic carbocycles. The first-order chi connectivity index (χ1) is 11.2. The van der Waals surface area contributed by atoms with Crippen LogP contribution in [0.3, 0.4) is 0 Å². The Labute approximate surface area is 149 Å². The second-order valence-corrected chi connectivity index (χ2v) is 12.6. The van der Waals surface area contributed by atoms with Gasteiger partial charge in [0, 0.05) is 11.5 Å². The zero-order valence-corrected chi connectivity index (χ0v) is 16.5. The maximum atomic E-state index is 13.4. The molecule has 0 atom stereocenters. The highest BCUT2D eigenvalue weighted by atomic mass is 32.3. The first-order valence-corrected chi connectivity index (χ1v) is 11.5. The van der Waals surface area contributed by atoms with Crippen LogP contribution in [-0.4, -0.2) is 35.2 Å². The van der Waals surface area contributed by atoms with Gasteiger partial charge in [-0.3, -0.25) is 4.21 Å². The molecule has 0 spiro atoms. The Balaban J connectivity index is 2.40. The molecule has 140 valence electrons. The molecule has 0 bridgehead atoms. The molecule has 0 radical (unpaired) electrons. The molecule has 2 N–H and O–H groups in total. The van der Waals surface area contributed by atoms with E-state index in [1.807, 2.05) is 39.8 Å². The number of hydrogen-bond acceptors (Lipinski definition) is 4. The molecular formula is C17H25NO5S2. The van der Waals surface area contributed by atoms with Crippen LogP contribution in [0.15, 0.2) is 41.3 Å². The van der Waals surface area contributed by atoms with Crippen LogP contribution in [0.25, 0.3) is 0 Å². The largest absolute Gasteiger partial charge is 0.478 e. The van der Waals surface area contributed by atoms with Crippen LogP contribution in [0.5, 0.6) is 0 Å². The van der Waals surface area contributed by atoms with Gasteiger partial charge in [-0.15, -0.1) is 0 Å². The van der Waals surface area contributed by atoms with Crippen molar-refractivity contribution in [2.45, 2.75) is 32.6 Å². The van der Waals surface area contributed by atoms with Crippen LogP contribution in [-0.2, 0) is 20.1 Å². The van der Waals surface area contributed by atoms with Gasteiger partial charge in [0.05, 0.1) is 10.5 Å². The Hall–Kier alpha value is -1.51. The summed E-state index contributed by atoms with van der Waals surface area (Å²) in [6.07, 6.45) is 3.96. The molecule has 0 saturated carbocycles. The fourth-order valence-electron chi connectivity index (χ4n) is 3.06. The molecular weight excluding hydrogens is 362 g/mol. The zero-order chi connectivity index (χ0) is 19.1. The van der Waals surface area contributed by atoms with Gasteiger partial charge < -0.3 is 5.11 Å². The Morgan fingerprint density at radius 2 is 1.64 bits per heavy atom. The standard InChI is InChI=1S/C17H25NO5S2/c1-16(2)8-9-17(3,4)12-24(21,11-16)18-25(22,23)14-7-5-6-13(10-14)15(19)20/h5-10,24H,11-12H2,1-4H3,(H,18,21)(H,19,20). The molecule has 0 fully saturated rings. The average Bonchev–Trinajstić information content (AvgIpc) is 2.51. The number of aromatic carboxylic acids is 1. The van der Waals surface area contributed by atoms with Crippen molar-refractivity contribution in [2.75, 3.05) is 11.5 Å². The molecule has 0 amide bonds. The maximum Gasteiger partial charge on any atom is 0.335 e. The van der Waals surface area contributed by atoms with E-state index in [1.165, 1.54) is 18.2 Å². The number of allylic oxidation sites excluding steroid dienone is 2. The quantitative estimate of drug-likeness (QED) is 0.543. The smallest absolute Gasteiger partial charge is 0.335 e. The van der Waals surface area contributed by atoms with E-state index >= 15 is 0 Å². The normalized spacial score (nSPS) is 22.7. The van der Waals surface area contributed by atoms with Gasteiger partial charge in [-0.25, -0.2) is 13.2 Å². The number of carboxylic acid groups (broad SMARTS) is 1. The van der Waals surface area contributed by atoms with Crippen molar-refractivity contribution in [1.82, 2.24) is 4.13 Å². The van der Waals surface area contributed by atoms with Crippen LogP contribution in [0.2, 0.25) is 0 Å². The van der Waals surface area contributed by atoms with Gasteiger partial charge in [0.25, 0.3) is 0 Å². The summed E-state index contributed by atoms with van der Waals surface area (Å²) in [5, 5.41) is 9.04. The number of carboxylic acids is 1. The van der Waals surface area contributed by atoms with E-state index in [0.717, 1.165) is 6.07 Å². The molecule has 0 unspecified atom stereocenters. The third kappa shape index (κ3) is 4.99. The summed E-state index contributed by atoms with van der Waals surface area (Å²) < 4.78 is 41.3. The number of hydrogen-bond donors (Lipinski definition) is 3. The minimum absolute atomic E-state index is 0.135. The fourth-order valence-corrected chi connectivity index (χ4v) is 9.25. The third-order valence-electron chi connectivity index (χ3n) is 3.99. The van der Waals surface area contributed by atoms with E-state index in [4.69, 9.17) is 5.11 Å². The first kappa shape index (κ1) is 19.8. The predicted molar refractivity (Wildman–Crippen MR) is 99.7 cm³/mol. The summed E-state index contributed by atoms with van der Waals surface area (Å²) in [4.78, 5) is 10.9. The summed E-state index contributed by atoms with van der Waals surface area (Å²) in [5.41, 5.74) is -0.951. The summed E-state index contributed by atoms with van der Waals surface area (Å²) in [7, 11) is -7.37. The molecule has 1 aromatic rings. The van der Waals surface area contributed by atoms with Crippen molar-refractivity contribution in [2.24, 2.45) is 10.8 Å². The molecule has 25 heavy (non-hydrogen) atoms. The zero-order valence-electron chi connectivity index (χ0n) is 14.8. The van der Waals surface area contributed by atoms with Crippen LogP contribution < -0.4 is 4.13 Å². The molecule has 8 heteroatoms. The molecule has 0 aliphatic carbocycles.